The lowest BCUT2D eigenvalue weighted by Gasteiger charge is -2.18. The molecular formula is C11H18N2O2S. The zero-order valence-corrected chi connectivity index (χ0v) is 11.0. The number of ether oxygens (including phenoxy) is 1. The van der Waals surface area contributed by atoms with E-state index in [2.05, 4.69) is 10.3 Å². The zero-order chi connectivity index (χ0) is 12.2. The standard InChI is InChI=1S/C11H18N2O2S/c1-8-9(16-7-13-8)5-12-10(14)6-15-11(2,3)4/h7H,5-6H2,1-4H3,(H,12,14). The molecule has 0 saturated heterocycles. The van der Waals surface area contributed by atoms with E-state index in [9.17, 15) is 4.79 Å². The van der Waals surface area contributed by atoms with Crippen molar-refractivity contribution in [3.8, 4) is 0 Å². The van der Waals surface area contributed by atoms with Crippen LogP contribution in [0.4, 0.5) is 0 Å². The fourth-order valence-electron chi connectivity index (χ4n) is 1.01. The number of amides is 1. The van der Waals surface area contributed by atoms with Gasteiger partial charge in [0.2, 0.25) is 5.91 Å². The molecule has 0 aliphatic rings. The minimum Gasteiger partial charge on any atom is -0.366 e. The maximum atomic E-state index is 11.4. The molecule has 1 aromatic heterocycles. The van der Waals surface area contributed by atoms with Crippen molar-refractivity contribution >= 4 is 17.2 Å². The van der Waals surface area contributed by atoms with Crippen LogP contribution in [-0.2, 0) is 16.1 Å². The lowest BCUT2D eigenvalue weighted by molar-refractivity contribution is -0.130. The molecule has 1 aromatic rings. The Morgan fingerprint density at radius 3 is 2.75 bits per heavy atom. The second-order valence-electron chi connectivity index (χ2n) is 4.54. The van der Waals surface area contributed by atoms with Crippen LogP contribution in [0.15, 0.2) is 5.51 Å². The third-order valence-electron chi connectivity index (χ3n) is 1.93. The van der Waals surface area contributed by atoms with E-state index in [4.69, 9.17) is 4.74 Å². The van der Waals surface area contributed by atoms with E-state index in [1.165, 1.54) is 0 Å². The minimum absolute atomic E-state index is 0.0947. The first-order valence-corrected chi connectivity index (χ1v) is 6.06. The SMILES string of the molecule is Cc1ncsc1CNC(=O)COC(C)(C)C. The van der Waals surface area contributed by atoms with Crippen LogP contribution >= 0.6 is 11.3 Å². The van der Waals surface area contributed by atoms with Crippen LogP contribution in [0.25, 0.3) is 0 Å². The number of nitrogens with one attached hydrogen (secondary N) is 1. The van der Waals surface area contributed by atoms with Crippen LogP contribution < -0.4 is 5.32 Å². The highest BCUT2D eigenvalue weighted by Gasteiger charge is 2.13. The van der Waals surface area contributed by atoms with Gasteiger partial charge in [0.05, 0.1) is 23.4 Å². The highest BCUT2D eigenvalue weighted by atomic mass is 32.1. The first kappa shape index (κ1) is 13.1. The Labute approximate surface area is 100 Å². The van der Waals surface area contributed by atoms with Gasteiger partial charge in [0.25, 0.3) is 0 Å². The maximum absolute atomic E-state index is 11.4. The highest BCUT2D eigenvalue weighted by molar-refractivity contribution is 7.09. The molecule has 0 aliphatic carbocycles. The minimum atomic E-state index is -0.280. The fraction of sp³-hybridized carbons (Fsp3) is 0.636. The van der Waals surface area contributed by atoms with Crippen LogP contribution in [0.1, 0.15) is 31.3 Å². The Bertz CT molecular complexity index is 355. The van der Waals surface area contributed by atoms with Gasteiger partial charge >= 0.3 is 0 Å². The van der Waals surface area contributed by atoms with E-state index in [0.717, 1.165) is 10.6 Å². The molecule has 1 rings (SSSR count). The van der Waals surface area contributed by atoms with E-state index < -0.39 is 0 Å². The van der Waals surface area contributed by atoms with E-state index >= 15 is 0 Å². The second kappa shape index (κ2) is 5.41. The monoisotopic (exact) mass is 242 g/mol. The van der Waals surface area contributed by atoms with Crippen LogP contribution in [0, 0.1) is 6.92 Å². The molecule has 0 bridgehead atoms. The van der Waals surface area contributed by atoms with Crippen LogP contribution in [-0.4, -0.2) is 23.1 Å². The summed E-state index contributed by atoms with van der Waals surface area (Å²) in [4.78, 5) is 16.6. The Hall–Kier alpha value is -0.940. The van der Waals surface area contributed by atoms with Gasteiger partial charge < -0.3 is 10.1 Å². The van der Waals surface area contributed by atoms with Gasteiger partial charge in [-0.25, -0.2) is 4.98 Å². The van der Waals surface area contributed by atoms with Gasteiger partial charge in [0.15, 0.2) is 0 Å². The van der Waals surface area contributed by atoms with Crippen molar-refractivity contribution in [2.24, 2.45) is 0 Å². The van der Waals surface area contributed by atoms with E-state index in [-0.39, 0.29) is 18.1 Å². The molecule has 16 heavy (non-hydrogen) atoms. The molecule has 1 heterocycles. The van der Waals surface area contributed by atoms with Crippen molar-refractivity contribution in [1.82, 2.24) is 10.3 Å². The molecule has 0 aliphatic heterocycles. The highest BCUT2D eigenvalue weighted by Crippen LogP contribution is 2.11. The van der Waals surface area contributed by atoms with Crippen molar-refractivity contribution in [3.63, 3.8) is 0 Å². The average molecular weight is 242 g/mol. The van der Waals surface area contributed by atoms with Crippen molar-refractivity contribution in [1.29, 1.82) is 0 Å². The number of hydrogen-bond acceptors (Lipinski definition) is 4. The summed E-state index contributed by atoms with van der Waals surface area (Å²) in [5.74, 6) is -0.0947. The Balaban J connectivity index is 2.29. The zero-order valence-electron chi connectivity index (χ0n) is 10.2. The van der Waals surface area contributed by atoms with Crippen molar-refractivity contribution in [2.45, 2.75) is 39.8 Å². The van der Waals surface area contributed by atoms with E-state index in [1.807, 2.05) is 27.7 Å². The number of aromatic nitrogens is 1. The van der Waals surface area contributed by atoms with Gasteiger partial charge in [-0.3, -0.25) is 4.79 Å². The van der Waals surface area contributed by atoms with Crippen LogP contribution in [0.2, 0.25) is 0 Å². The molecule has 5 heteroatoms. The summed E-state index contributed by atoms with van der Waals surface area (Å²) in [6.45, 7) is 8.34. The quantitative estimate of drug-likeness (QED) is 0.877. The lowest BCUT2D eigenvalue weighted by Crippen LogP contribution is -2.31. The van der Waals surface area contributed by atoms with Crippen molar-refractivity contribution in [3.05, 3.63) is 16.1 Å². The summed E-state index contributed by atoms with van der Waals surface area (Å²) in [5.41, 5.74) is 2.47. The lowest BCUT2D eigenvalue weighted by atomic mass is 10.2. The molecule has 0 aromatic carbocycles. The summed E-state index contributed by atoms with van der Waals surface area (Å²) >= 11 is 1.55. The summed E-state index contributed by atoms with van der Waals surface area (Å²) in [5, 5.41) is 2.80. The van der Waals surface area contributed by atoms with Crippen molar-refractivity contribution in [2.75, 3.05) is 6.61 Å². The predicted molar refractivity (Wildman–Crippen MR) is 64.4 cm³/mol. The number of carbonyl (C=O) groups excluding carboxylic acids is 1. The maximum Gasteiger partial charge on any atom is 0.246 e. The summed E-state index contributed by atoms with van der Waals surface area (Å²) in [6, 6.07) is 0. The van der Waals surface area contributed by atoms with Gasteiger partial charge in [-0.05, 0) is 27.7 Å². The number of hydrogen-bond donors (Lipinski definition) is 1. The predicted octanol–water partition coefficient (Wildman–Crippen LogP) is 1.88. The first-order chi connectivity index (χ1) is 7.38. The molecule has 0 saturated carbocycles. The smallest absolute Gasteiger partial charge is 0.246 e. The number of aryl methyl sites for hydroxylation is 1. The van der Waals surface area contributed by atoms with Crippen molar-refractivity contribution < 1.29 is 9.53 Å². The van der Waals surface area contributed by atoms with Gasteiger partial charge in [-0.1, -0.05) is 0 Å². The molecule has 0 unspecified atom stereocenters. The van der Waals surface area contributed by atoms with Gasteiger partial charge in [-0.15, -0.1) is 11.3 Å². The van der Waals surface area contributed by atoms with E-state index in [0.29, 0.717) is 6.54 Å². The van der Waals surface area contributed by atoms with Crippen LogP contribution in [0.5, 0.6) is 0 Å². The van der Waals surface area contributed by atoms with Gasteiger partial charge in [0.1, 0.15) is 6.61 Å². The van der Waals surface area contributed by atoms with E-state index in [1.54, 1.807) is 16.8 Å². The second-order valence-corrected chi connectivity index (χ2v) is 5.48. The Morgan fingerprint density at radius 2 is 2.25 bits per heavy atom. The first-order valence-electron chi connectivity index (χ1n) is 5.18. The summed E-state index contributed by atoms with van der Waals surface area (Å²) in [6.07, 6.45) is 0. The number of rotatable bonds is 4. The molecule has 1 N–H and O–H groups in total. The fourth-order valence-corrected chi connectivity index (χ4v) is 1.72. The molecule has 0 radical (unpaired) electrons. The number of nitrogens with zero attached hydrogens (tertiary/aromatic N) is 1. The Kier molecular flexibility index (Phi) is 4.44. The summed E-state index contributed by atoms with van der Waals surface area (Å²) in [7, 11) is 0. The average Bonchev–Trinajstić information content (AvgIpc) is 2.57. The molecule has 1 amide bonds. The molecule has 0 spiro atoms. The third kappa shape index (κ3) is 4.72. The topological polar surface area (TPSA) is 51.2 Å². The molecule has 0 atom stereocenters. The van der Waals surface area contributed by atoms with Gasteiger partial charge in [0, 0.05) is 4.88 Å². The number of thiazole rings is 1. The largest absolute Gasteiger partial charge is 0.366 e. The summed E-state index contributed by atoms with van der Waals surface area (Å²) < 4.78 is 5.37. The normalized spacial score (nSPS) is 11.5. The molecular weight excluding hydrogens is 224 g/mol. The molecule has 0 fully saturated rings. The third-order valence-corrected chi connectivity index (χ3v) is 2.86. The Morgan fingerprint density at radius 1 is 1.56 bits per heavy atom. The number of carbonyl (C=O) groups is 1. The van der Waals surface area contributed by atoms with Gasteiger partial charge in [-0.2, -0.15) is 0 Å². The van der Waals surface area contributed by atoms with Crippen LogP contribution in [0.3, 0.4) is 0 Å². The molecule has 4 nitrogen and oxygen atoms in total. The molecule has 90 valence electrons.